The van der Waals surface area contributed by atoms with Gasteiger partial charge in [-0.15, -0.1) is 0 Å². The van der Waals surface area contributed by atoms with E-state index in [-0.39, 0.29) is 0 Å². The molecule has 0 atom stereocenters. The lowest BCUT2D eigenvalue weighted by Gasteiger charge is -2.13. The van der Waals surface area contributed by atoms with E-state index in [4.69, 9.17) is 0 Å². The second kappa shape index (κ2) is 3.23. The highest BCUT2D eigenvalue weighted by molar-refractivity contribution is 5.83. The Hall–Kier alpha value is -1.57. The molecule has 0 aliphatic carbocycles. The Labute approximate surface area is 89.3 Å². The Kier molecular flexibility index (Phi) is 2.14. The van der Waals surface area contributed by atoms with Gasteiger partial charge >= 0.3 is 0 Å². The van der Waals surface area contributed by atoms with Gasteiger partial charge < -0.3 is 9.78 Å². The molecule has 0 aliphatic heterocycles. The molecule has 0 radical (unpaired) electrons. The fourth-order valence-corrected chi connectivity index (χ4v) is 1.66. The molecule has 1 aromatic heterocycles. The van der Waals surface area contributed by atoms with Crippen LogP contribution in [0.1, 0.15) is 25.1 Å². The van der Waals surface area contributed by atoms with Crippen LogP contribution in [0, 0.1) is 6.92 Å². The molecule has 0 unspecified atom stereocenters. The number of aldehydes is 1. The van der Waals surface area contributed by atoms with Crippen LogP contribution in [0.3, 0.4) is 0 Å². The maximum absolute atomic E-state index is 11.0. The monoisotopic (exact) mass is 201 g/mol. The first-order valence-electron chi connectivity index (χ1n) is 5.09. The van der Waals surface area contributed by atoms with Crippen LogP contribution in [0.4, 0.5) is 0 Å². The lowest BCUT2D eigenvalue weighted by Crippen LogP contribution is -2.18. The minimum atomic E-state index is -0.438. The molecule has 2 heteroatoms. The number of fused-ring (bicyclic) bond motifs is 1. The fraction of sp³-hybridized carbons (Fsp3) is 0.308. The molecule has 2 nitrogen and oxygen atoms in total. The smallest absolute Gasteiger partial charge is 0.131 e. The van der Waals surface area contributed by atoms with Gasteiger partial charge in [-0.2, -0.15) is 0 Å². The Morgan fingerprint density at radius 1 is 1.27 bits per heavy atom. The van der Waals surface area contributed by atoms with Crippen molar-refractivity contribution in [2.45, 2.75) is 26.2 Å². The van der Waals surface area contributed by atoms with Crippen molar-refractivity contribution in [1.82, 2.24) is 4.98 Å². The summed E-state index contributed by atoms with van der Waals surface area (Å²) in [5.41, 5.74) is 2.85. The lowest BCUT2D eigenvalue weighted by atomic mass is 9.91. The zero-order valence-electron chi connectivity index (χ0n) is 9.29. The van der Waals surface area contributed by atoms with Crippen molar-refractivity contribution in [3.05, 3.63) is 35.5 Å². The van der Waals surface area contributed by atoms with E-state index in [1.165, 1.54) is 10.9 Å². The van der Waals surface area contributed by atoms with Crippen LogP contribution in [0.5, 0.6) is 0 Å². The molecule has 1 heterocycles. The van der Waals surface area contributed by atoms with E-state index in [0.29, 0.717) is 0 Å². The lowest BCUT2D eigenvalue weighted by molar-refractivity contribution is -0.111. The van der Waals surface area contributed by atoms with Crippen molar-refractivity contribution in [3.63, 3.8) is 0 Å². The molecule has 0 aliphatic rings. The molecule has 0 saturated heterocycles. The van der Waals surface area contributed by atoms with Crippen LogP contribution in [0.2, 0.25) is 0 Å². The molecule has 0 amide bonds. The molecule has 1 aromatic carbocycles. The molecule has 0 bridgehead atoms. The summed E-state index contributed by atoms with van der Waals surface area (Å²) in [4.78, 5) is 14.2. The van der Waals surface area contributed by atoms with Crippen LogP contribution < -0.4 is 0 Å². The van der Waals surface area contributed by atoms with Gasteiger partial charge in [-0.3, -0.25) is 0 Å². The Morgan fingerprint density at radius 3 is 2.67 bits per heavy atom. The van der Waals surface area contributed by atoms with Crippen molar-refractivity contribution < 1.29 is 4.79 Å². The summed E-state index contributed by atoms with van der Waals surface area (Å²) in [7, 11) is 0. The van der Waals surface area contributed by atoms with Gasteiger partial charge in [-0.1, -0.05) is 11.6 Å². The summed E-state index contributed by atoms with van der Waals surface area (Å²) in [6, 6.07) is 8.29. The van der Waals surface area contributed by atoms with E-state index < -0.39 is 5.41 Å². The number of rotatable bonds is 2. The Bertz CT molecular complexity index is 508. The second-order valence-electron chi connectivity index (χ2n) is 4.61. The number of carbonyl (C=O) groups is 1. The first-order valence-corrected chi connectivity index (χ1v) is 5.09. The van der Waals surface area contributed by atoms with Gasteiger partial charge in [0.2, 0.25) is 0 Å². The Balaban J connectivity index is 2.61. The predicted molar refractivity (Wildman–Crippen MR) is 62.1 cm³/mol. The summed E-state index contributed by atoms with van der Waals surface area (Å²) in [5, 5.41) is 1.17. The maximum atomic E-state index is 11.0. The number of hydrogen-bond donors (Lipinski definition) is 1. The Morgan fingerprint density at radius 2 is 2.00 bits per heavy atom. The zero-order valence-corrected chi connectivity index (χ0v) is 9.29. The van der Waals surface area contributed by atoms with E-state index >= 15 is 0 Å². The normalized spacial score (nSPS) is 11.9. The average molecular weight is 201 g/mol. The summed E-state index contributed by atoms with van der Waals surface area (Å²) >= 11 is 0. The van der Waals surface area contributed by atoms with E-state index in [2.05, 4.69) is 36.2 Å². The van der Waals surface area contributed by atoms with Crippen LogP contribution in [0.25, 0.3) is 10.9 Å². The van der Waals surface area contributed by atoms with Crippen LogP contribution in [-0.2, 0) is 10.2 Å². The van der Waals surface area contributed by atoms with E-state index in [1.54, 1.807) is 0 Å². The molecular weight excluding hydrogens is 186 g/mol. The number of aryl methyl sites for hydroxylation is 1. The average Bonchev–Trinajstić information content (AvgIpc) is 2.61. The molecule has 0 saturated carbocycles. The van der Waals surface area contributed by atoms with Crippen molar-refractivity contribution >= 4 is 17.2 Å². The molecule has 2 aromatic rings. The van der Waals surface area contributed by atoms with Crippen molar-refractivity contribution in [3.8, 4) is 0 Å². The third-order valence-electron chi connectivity index (χ3n) is 2.77. The quantitative estimate of drug-likeness (QED) is 0.744. The largest absolute Gasteiger partial charge is 0.358 e. The summed E-state index contributed by atoms with van der Waals surface area (Å²) in [5.74, 6) is 0. The highest BCUT2D eigenvalue weighted by Gasteiger charge is 2.21. The number of carbonyl (C=O) groups excluding carboxylic acids is 1. The van der Waals surface area contributed by atoms with Gasteiger partial charge in [0.1, 0.15) is 6.29 Å². The van der Waals surface area contributed by atoms with Crippen LogP contribution in [0.15, 0.2) is 24.3 Å². The van der Waals surface area contributed by atoms with Gasteiger partial charge in [-0.05, 0) is 44.4 Å². The highest BCUT2D eigenvalue weighted by Crippen LogP contribution is 2.25. The minimum absolute atomic E-state index is 0.438. The molecule has 78 valence electrons. The molecule has 1 N–H and O–H groups in total. The predicted octanol–water partition coefficient (Wildman–Crippen LogP) is 2.95. The summed E-state index contributed by atoms with van der Waals surface area (Å²) in [6.45, 7) is 5.89. The van der Waals surface area contributed by atoms with Gasteiger partial charge in [0, 0.05) is 11.2 Å². The first kappa shape index (κ1) is 9.97. The van der Waals surface area contributed by atoms with Gasteiger partial charge in [0.25, 0.3) is 0 Å². The molecule has 15 heavy (non-hydrogen) atoms. The van der Waals surface area contributed by atoms with Crippen molar-refractivity contribution in [2.75, 3.05) is 0 Å². The second-order valence-corrected chi connectivity index (χ2v) is 4.61. The standard InChI is InChI=1S/C13H15NO/c1-9-4-5-11-10(6-9)7-12(14-11)13(2,3)8-15/h4-8,14H,1-3H3. The number of H-pyrrole nitrogens is 1. The molecule has 2 rings (SSSR count). The number of benzene rings is 1. The fourth-order valence-electron chi connectivity index (χ4n) is 1.66. The molecule has 0 fully saturated rings. The molecular formula is C13H15NO. The van der Waals surface area contributed by atoms with Gasteiger partial charge in [0.05, 0.1) is 5.41 Å². The van der Waals surface area contributed by atoms with Crippen molar-refractivity contribution in [2.24, 2.45) is 0 Å². The number of hydrogen-bond acceptors (Lipinski definition) is 1. The number of aromatic amines is 1. The maximum Gasteiger partial charge on any atom is 0.131 e. The number of nitrogens with one attached hydrogen (secondary N) is 1. The minimum Gasteiger partial charge on any atom is -0.358 e. The number of aromatic nitrogens is 1. The third-order valence-corrected chi connectivity index (χ3v) is 2.77. The summed E-state index contributed by atoms with van der Waals surface area (Å²) in [6.07, 6.45) is 0.977. The van der Waals surface area contributed by atoms with Crippen LogP contribution >= 0.6 is 0 Å². The molecule has 0 spiro atoms. The van der Waals surface area contributed by atoms with Crippen molar-refractivity contribution in [1.29, 1.82) is 0 Å². The van der Waals surface area contributed by atoms with Gasteiger partial charge in [-0.25, -0.2) is 0 Å². The highest BCUT2D eigenvalue weighted by atomic mass is 16.1. The SMILES string of the molecule is Cc1ccc2[nH]c(C(C)(C)C=O)cc2c1. The van der Waals surface area contributed by atoms with E-state index in [0.717, 1.165) is 17.5 Å². The van der Waals surface area contributed by atoms with E-state index in [1.807, 2.05) is 13.8 Å². The zero-order chi connectivity index (χ0) is 11.1. The van der Waals surface area contributed by atoms with Crippen LogP contribution in [-0.4, -0.2) is 11.3 Å². The topological polar surface area (TPSA) is 32.9 Å². The van der Waals surface area contributed by atoms with Gasteiger partial charge in [0.15, 0.2) is 0 Å². The summed E-state index contributed by atoms with van der Waals surface area (Å²) < 4.78 is 0. The van der Waals surface area contributed by atoms with E-state index in [9.17, 15) is 4.79 Å². The third kappa shape index (κ3) is 1.67. The first-order chi connectivity index (χ1) is 7.03.